The molecule has 0 atom stereocenters. The van der Waals surface area contributed by atoms with Gasteiger partial charge in [-0.3, -0.25) is 5.10 Å². The Morgan fingerprint density at radius 3 is 2.86 bits per heavy atom. The molecule has 8 heteroatoms. The molecule has 0 amide bonds. The molecule has 102 valence electrons. The highest BCUT2D eigenvalue weighted by atomic mass is 35.5. The molecule has 0 spiro atoms. The lowest BCUT2D eigenvalue weighted by atomic mass is 10.2. The molecule has 0 aliphatic rings. The molecule has 21 heavy (non-hydrogen) atoms. The van der Waals surface area contributed by atoms with E-state index >= 15 is 0 Å². The number of halogens is 1. The van der Waals surface area contributed by atoms with Crippen molar-refractivity contribution in [3.8, 4) is 0 Å². The van der Waals surface area contributed by atoms with E-state index in [2.05, 4.69) is 30.1 Å². The first-order valence-electron chi connectivity index (χ1n) is 6.05. The standard InChI is InChI=1S/C13H7ClN6S/c14-13-18-10-8(5-17-20-10)12(19-13)21-11-7-3-1-2-4-9(7)15-6-16-11/h1-6H,(H,17,18,19,20). The van der Waals surface area contributed by atoms with Crippen molar-refractivity contribution in [3.05, 3.63) is 42.1 Å². The topological polar surface area (TPSA) is 80.2 Å². The SMILES string of the molecule is Clc1nc(Sc2ncnc3ccccc23)c2cn[nH]c2n1. The van der Waals surface area contributed by atoms with E-state index in [1.807, 2.05) is 24.3 Å². The average Bonchev–Trinajstić information content (AvgIpc) is 2.96. The maximum Gasteiger partial charge on any atom is 0.225 e. The predicted octanol–water partition coefficient (Wildman–Crippen LogP) is 3.10. The van der Waals surface area contributed by atoms with Gasteiger partial charge in [0.2, 0.25) is 5.28 Å². The molecule has 3 aromatic heterocycles. The Labute approximate surface area is 128 Å². The van der Waals surface area contributed by atoms with Gasteiger partial charge < -0.3 is 0 Å². The maximum atomic E-state index is 5.95. The molecule has 0 aliphatic carbocycles. The molecule has 0 saturated heterocycles. The van der Waals surface area contributed by atoms with Crippen LogP contribution in [0.25, 0.3) is 21.9 Å². The monoisotopic (exact) mass is 314 g/mol. The zero-order chi connectivity index (χ0) is 14.2. The minimum Gasteiger partial charge on any atom is -0.261 e. The fraction of sp³-hybridized carbons (Fsp3) is 0. The second-order valence-electron chi connectivity index (χ2n) is 4.23. The highest BCUT2D eigenvalue weighted by molar-refractivity contribution is 7.99. The quantitative estimate of drug-likeness (QED) is 0.452. The first-order chi connectivity index (χ1) is 10.3. The van der Waals surface area contributed by atoms with E-state index in [1.165, 1.54) is 11.8 Å². The van der Waals surface area contributed by atoms with Crippen molar-refractivity contribution in [3.63, 3.8) is 0 Å². The molecule has 0 bridgehead atoms. The molecular weight excluding hydrogens is 308 g/mol. The van der Waals surface area contributed by atoms with Crippen LogP contribution in [-0.4, -0.2) is 30.1 Å². The number of benzene rings is 1. The van der Waals surface area contributed by atoms with Crippen LogP contribution < -0.4 is 0 Å². The lowest BCUT2D eigenvalue weighted by Crippen LogP contribution is -1.90. The summed E-state index contributed by atoms with van der Waals surface area (Å²) in [5, 5.41) is 10.2. The Bertz CT molecular complexity index is 948. The molecule has 6 nitrogen and oxygen atoms in total. The molecule has 0 aliphatic heterocycles. The number of fused-ring (bicyclic) bond motifs is 2. The van der Waals surface area contributed by atoms with E-state index < -0.39 is 0 Å². The number of para-hydroxylation sites is 1. The Morgan fingerprint density at radius 2 is 1.90 bits per heavy atom. The third kappa shape index (κ3) is 2.20. The molecule has 4 aromatic rings. The van der Waals surface area contributed by atoms with Crippen molar-refractivity contribution in [1.82, 2.24) is 30.1 Å². The van der Waals surface area contributed by atoms with E-state index in [1.54, 1.807) is 12.5 Å². The van der Waals surface area contributed by atoms with Crippen LogP contribution in [0.5, 0.6) is 0 Å². The lowest BCUT2D eigenvalue weighted by Gasteiger charge is -2.04. The van der Waals surface area contributed by atoms with Gasteiger partial charge >= 0.3 is 0 Å². The maximum absolute atomic E-state index is 5.95. The summed E-state index contributed by atoms with van der Waals surface area (Å²) in [6.07, 6.45) is 3.22. The van der Waals surface area contributed by atoms with Crippen LogP contribution in [-0.2, 0) is 0 Å². The van der Waals surface area contributed by atoms with E-state index in [-0.39, 0.29) is 5.28 Å². The second kappa shape index (κ2) is 4.94. The van der Waals surface area contributed by atoms with Crippen LogP contribution in [0.1, 0.15) is 0 Å². The van der Waals surface area contributed by atoms with Crippen molar-refractivity contribution in [2.24, 2.45) is 0 Å². The predicted molar refractivity (Wildman–Crippen MR) is 80.4 cm³/mol. The first-order valence-corrected chi connectivity index (χ1v) is 7.25. The van der Waals surface area contributed by atoms with Gasteiger partial charge in [0, 0.05) is 5.39 Å². The third-order valence-electron chi connectivity index (χ3n) is 2.95. The minimum absolute atomic E-state index is 0.174. The Kier molecular flexibility index (Phi) is 2.94. The van der Waals surface area contributed by atoms with E-state index in [4.69, 9.17) is 11.6 Å². The summed E-state index contributed by atoms with van der Waals surface area (Å²) in [4.78, 5) is 17.0. The largest absolute Gasteiger partial charge is 0.261 e. The fourth-order valence-electron chi connectivity index (χ4n) is 2.01. The first kappa shape index (κ1) is 12.5. The number of H-pyrrole nitrogens is 1. The van der Waals surface area contributed by atoms with Gasteiger partial charge in [0.1, 0.15) is 16.4 Å². The van der Waals surface area contributed by atoms with E-state index in [9.17, 15) is 0 Å². The number of aromatic amines is 1. The highest BCUT2D eigenvalue weighted by Gasteiger charge is 2.12. The number of aromatic nitrogens is 6. The van der Waals surface area contributed by atoms with Crippen molar-refractivity contribution in [2.45, 2.75) is 10.1 Å². The molecule has 1 aromatic carbocycles. The summed E-state index contributed by atoms with van der Waals surface area (Å²) < 4.78 is 0. The van der Waals surface area contributed by atoms with Gasteiger partial charge in [0.15, 0.2) is 5.65 Å². The summed E-state index contributed by atoms with van der Waals surface area (Å²) >= 11 is 7.37. The van der Waals surface area contributed by atoms with Crippen LogP contribution in [0.3, 0.4) is 0 Å². The molecule has 1 N–H and O–H groups in total. The van der Waals surface area contributed by atoms with Crippen molar-refractivity contribution >= 4 is 45.3 Å². The zero-order valence-electron chi connectivity index (χ0n) is 10.5. The Balaban J connectivity index is 1.89. The van der Waals surface area contributed by atoms with Crippen molar-refractivity contribution < 1.29 is 0 Å². The lowest BCUT2D eigenvalue weighted by molar-refractivity contribution is 1.06. The Morgan fingerprint density at radius 1 is 1.00 bits per heavy atom. The molecule has 0 saturated carbocycles. The summed E-state index contributed by atoms with van der Waals surface area (Å²) in [5.74, 6) is 0. The van der Waals surface area contributed by atoms with Gasteiger partial charge in [-0.25, -0.2) is 15.0 Å². The highest BCUT2D eigenvalue weighted by Crippen LogP contribution is 2.33. The number of nitrogens with zero attached hydrogens (tertiary/aromatic N) is 5. The fourth-order valence-corrected chi connectivity index (χ4v) is 3.19. The Hall–Kier alpha value is -2.25. The van der Waals surface area contributed by atoms with Gasteiger partial charge in [0.05, 0.1) is 17.1 Å². The second-order valence-corrected chi connectivity index (χ2v) is 5.54. The smallest absolute Gasteiger partial charge is 0.225 e. The van der Waals surface area contributed by atoms with Crippen molar-refractivity contribution in [2.75, 3.05) is 0 Å². The van der Waals surface area contributed by atoms with Crippen LogP contribution in [0.15, 0.2) is 46.8 Å². The molecule has 0 unspecified atom stereocenters. The summed E-state index contributed by atoms with van der Waals surface area (Å²) in [7, 11) is 0. The molecule has 4 rings (SSSR count). The molecule has 0 radical (unpaired) electrons. The molecular formula is C13H7ClN6S. The van der Waals surface area contributed by atoms with Crippen LogP contribution in [0.4, 0.5) is 0 Å². The summed E-state index contributed by atoms with van der Waals surface area (Å²) in [6.45, 7) is 0. The van der Waals surface area contributed by atoms with Crippen LogP contribution >= 0.6 is 23.4 Å². The van der Waals surface area contributed by atoms with Crippen LogP contribution in [0.2, 0.25) is 5.28 Å². The summed E-state index contributed by atoms with van der Waals surface area (Å²) in [6, 6.07) is 7.82. The molecule has 0 fully saturated rings. The number of rotatable bonds is 2. The van der Waals surface area contributed by atoms with Crippen LogP contribution in [0, 0.1) is 0 Å². The third-order valence-corrected chi connectivity index (χ3v) is 4.14. The van der Waals surface area contributed by atoms with Gasteiger partial charge in [-0.05, 0) is 29.4 Å². The zero-order valence-corrected chi connectivity index (χ0v) is 12.1. The normalized spacial score (nSPS) is 11.3. The average molecular weight is 315 g/mol. The number of hydrogen-bond acceptors (Lipinski definition) is 6. The number of hydrogen-bond donors (Lipinski definition) is 1. The van der Waals surface area contributed by atoms with Gasteiger partial charge in [0.25, 0.3) is 0 Å². The molecule has 3 heterocycles. The number of nitrogens with one attached hydrogen (secondary N) is 1. The van der Waals surface area contributed by atoms with Gasteiger partial charge in [-0.1, -0.05) is 18.2 Å². The summed E-state index contributed by atoms with van der Waals surface area (Å²) in [5.41, 5.74) is 1.49. The van der Waals surface area contributed by atoms with E-state index in [0.29, 0.717) is 10.7 Å². The van der Waals surface area contributed by atoms with Crippen molar-refractivity contribution in [1.29, 1.82) is 0 Å². The minimum atomic E-state index is 0.174. The van der Waals surface area contributed by atoms with Gasteiger partial charge in [-0.15, -0.1) is 0 Å². The van der Waals surface area contributed by atoms with Gasteiger partial charge in [-0.2, -0.15) is 10.1 Å². The van der Waals surface area contributed by atoms with E-state index in [0.717, 1.165) is 21.3 Å².